The molecule has 0 saturated carbocycles. The van der Waals surface area contributed by atoms with Crippen molar-refractivity contribution in [3.05, 3.63) is 24.3 Å². The predicted octanol–water partition coefficient (Wildman–Crippen LogP) is 1.12. The van der Waals surface area contributed by atoms with Gasteiger partial charge in [-0.3, -0.25) is 4.21 Å². The smallest absolute Gasteiger partial charge is 0.244 e. The molecule has 1 aromatic carbocycles. The summed E-state index contributed by atoms with van der Waals surface area (Å²) in [6.07, 6.45) is 1.63. The third-order valence-electron chi connectivity index (χ3n) is 2.53. The van der Waals surface area contributed by atoms with Crippen LogP contribution in [-0.2, 0) is 20.8 Å². The number of hydrogen-bond acceptors (Lipinski definition) is 4. The van der Waals surface area contributed by atoms with Crippen molar-refractivity contribution in [3.8, 4) is 0 Å². The number of nitrogens with one attached hydrogen (secondary N) is 1. The quantitative estimate of drug-likeness (QED) is 0.855. The van der Waals surface area contributed by atoms with Crippen LogP contribution >= 0.6 is 0 Å². The van der Waals surface area contributed by atoms with Gasteiger partial charge < -0.3 is 5.32 Å². The highest BCUT2D eigenvalue weighted by atomic mass is 32.2. The SMILES string of the molecule is CC(CS(C)=O)Nc1ccccc1S(=O)(=O)N(C)C. The molecule has 2 unspecified atom stereocenters. The number of hydrogen-bond donors (Lipinski definition) is 1. The van der Waals surface area contributed by atoms with Crippen LogP contribution in [0.15, 0.2) is 29.2 Å². The largest absolute Gasteiger partial charge is 0.381 e. The zero-order valence-corrected chi connectivity index (χ0v) is 13.2. The van der Waals surface area contributed by atoms with Gasteiger partial charge in [0.05, 0.1) is 5.69 Å². The summed E-state index contributed by atoms with van der Waals surface area (Å²) in [6.45, 7) is 1.88. The molecular formula is C12H20N2O3S2. The van der Waals surface area contributed by atoms with E-state index in [0.717, 1.165) is 0 Å². The first-order valence-electron chi connectivity index (χ1n) is 5.83. The van der Waals surface area contributed by atoms with Crippen LogP contribution in [-0.4, -0.2) is 49.1 Å². The van der Waals surface area contributed by atoms with E-state index in [4.69, 9.17) is 0 Å². The summed E-state index contributed by atoms with van der Waals surface area (Å²) >= 11 is 0. The molecule has 1 aromatic rings. The second-order valence-electron chi connectivity index (χ2n) is 4.57. The Labute approximate surface area is 117 Å². The number of nitrogens with zero attached hydrogens (tertiary/aromatic N) is 1. The Hall–Kier alpha value is -0.920. The third-order valence-corrected chi connectivity index (χ3v) is 5.37. The van der Waals surface area contributed by atoms with Gasteiger partial charge in [0.2, 0.25) is 10.0 Å². The summed E-state index contributed by atoms with van der Waals surface area (Å²) < 4.78 is 36.7. The van der Waals surface area contributed by atoms with Crippen molar-refractivity contribution in [2.75, 3.05) is 31.4 Å². The van der Waals surface area contributed by atoms with E-state index in [1.165, 1.54) is 18.4 Å². The molecule has 0 heterocycles. The van der Waals surface area contributed by atoms with Crippen LogP contribution in [0.3, 0.4) is 0 Å². The first-order chi connectivity index (χ1) is 8.75. The maximum Gasteiger partial charge on any atom is 0.244 e. The van der Waals surface area contributed by atoms with Crippen LogP contribution < -0.4 is 5.32 Å². The third kappa shape index (κ3) is 4.29. The van der Waals surface area contributed by atoms with E-state index in [2.05, 4.69) is 5.32 Å². The number of rotatable bonds is 6. The molecule has 0 saturated heterocycles. The zero-order valence-electron chi connectivity index (χ0n) is 11.6. The summed E-state index contributed by atoms with van der Waals surface area (Å²) in [4.78, 5) is 0.230. The Morgan fingerprint density at radius 1 is 1.32 bits per heavy atom. The van der Waals surface area contributed by atoms with Crippen molar-refractivity contribution in [1.82, 2.24) is 4.31 Å². The predicted molar refractivity (Wildman–Crippen MR) is 79.3 cm³/mol. The Bertz CT molecular complexity index is 556. The number of anilines is 1. The van der Waals surface area contributed by atoms with Crippen LogP contribution in [0.25, 0.3) is 0 Å². The molecule has 0 aliphatic carbocycles. The number of para-hydroxylation sites is 1. The van der Waals surface area contributed by atoms with Crippen LogP contribution in [0.1, 0.15) is 6.92 Å². The van der Waals surface area contributed by atoms with Crippen LogP contribution in [0.5, 0.6) is 0 Å². The molecular weight excluding hydrogens is 284 g/mol. The van der Waals surface area contributed by atoms with Crippen molar-refractivity contribution < 1.29 is 12.6 Å². The van der Waals surface area contributed by atoms with Gasteiger partial charge >= 0.3 is 0 Å². The topological polar surface area (TPSA) is 66.5 Å². The molecule has 0 bridgehead atoms. The molecule has 19 heavy (non-hydrogen) atoms. The molecule has 0 aromatic heterocycles. The molecule has 0 aliphatic heterocycles. The molecule has 0 amide bonds. The summed E-state index contributed by atoms with van der Waals surface area (Å²) in [5.74, 6) is 0.469. The van der Waals surface area contributed by atoms with Crippen LogP contribution in [0, 0.1) is 0 Å². The molecule has 0 fully saturated rings. The van der Waals surface area contributed by atoms with Crippen molar-refractivity contribution in [2.45, 2.75) is 17.9 Å². The maximum absolute atomic E-state index is 12.2. The lowest BCUT2D eigenvalue weighted by Crippen LogP contribution is -2.26. The van der Waals surface area contributed by atoms with E-state index in [1.54, 1.807) is 30.5 Å². The highest BCUT2D eigenvalue weighted by Gasteiger charge is 2.21. The minimum Gasteiger partial charge on any atom is -0.381 e. The van der Waals surface area contributed by atoms with Gasteiger partial charge in [0.1, 0.15) is 4.90 Å². The molecule has 7 heteroatoms. The van der Waals surface area contributed by atoms with Gasteiger partial charge in [-0.05, 0) is 19.1 Å². The number of benzene rings is 1. The van der Waals surface area contributed by atoms with E-state index in [9.17, 15) is 12.6 Å². The molecule has 5 nitrogen and oxygen atoms in total. The fourth-order valence-corrected chi connectivity index (χ4v) is 3.50. The van der Waals surface area contributed by atoms with Gasteiger partial charge in [0.25, 0.3) is 0 Å². The van der Waals surface area contributed by atoms with Gasteiger partial charge in [-0.2, -0.15) is 0 Å². The van der Waals surface area contributed by atoms with Crippen molar-refractivity contribution in [1.29, 1.82) is 0 Å². The molecule has 1 N–H and O–H groups in total. The highest BCUT2D eigenvalue weighted by Crippen LogP contribution is 2.23. The number of sulfonamides is 1. The van der Waals surface area contributed by atoms with Crippen molar-refractivity contribution in [2.24, 2.45) is 0 Å². The van der Waals surface area contributed by atoms with E-state index >= 15 is 0 Å². The van der Waals surface area contributed by atoms with E-state index < -0.39 is 20.8 Å². The second-order valence-corrected chi connectivity index (χ2v) is 8.17. The Balaban J connectivity index is 3.07. The average Bonchev–Trinajstić information content (AvgIpc) is 2.27. The monoisotopic (exact) mass is 304 g/mol. The summed E-state index contributed by atoms with van der Waals surface area (Å²) in [7, 11) is -1.42. The standard InChI is InChI=1S/C12H20N2O3S2/c1-10(9-18(4)15)13-11-7-5-6-8-12(11)19(16,17)14(2)3/h5-8,10,13H,9H2,1-4H3. The first-order valence-corrected chi connectivity index (χ1v) is 9.00. The second kappa shape index (κ2) is 6.49. The van der Waals surface area contributed by atoms with Crippen molar-refractivity contribution in [3.63, 3.8) is 0 Å². The Morgan fingerprint density at radius 2 is 1.89 bits per heavy atom. The average molecular weight is 304 g/mol. The molecule has 1 rings (SSSR count). The van der Waals surface area contributed by atoms with Crippen molar-refractivity contribution >= 4 is 26.5 Å². The highest BCUT2D eigenvalue weighted by molar-refractivity contribution is 7.89. The minimum absolute atomic E-state index is 0.0654. The van der Waals surface area contributed by atoms with Gasteiger partial charge in [-0.15, -0.1) is 0 Å². The zero-order chi connectivity index (χ0) is 14.6. The van der Waals surface area contributed by atoms with Gasteiger partial charge in [0, 0.05) is 42.9 Å². The molecule has 0 spiro atoms. The summed E-state index contributed by atoms with van der Waals surface area (Å²) in [6, 6.07) is 6.67. The fourth-order valence-electron chi connectivity index (χ4n) is 1.67. The minimum atomic E-state index is -3.49. The lowest BCUT2D eigenvalue weighted by molar-refractivity contribution is 0.521. The van der Waals surface area contributed by atoms with Gasteiger partial charge in [-0.1, -0.05) is 12.1 Å². The molecule has 0 radical (unpaired) electrons. The maximum atomic E-state index is 12.2. The van der Waals surface area contributed by atoms with E-state index in [-0.39, 0.29) is 10.9 Å². The summed E-state index contributed by atoms with van der Waals surface area (Å²) in [5.41, 5.74) is 0.536. The lowest BCUT2D eigenvalue weighted by Gasteiger charge is -2.19. The summed E-state index contributed by atoms with van der Waals surface area (Å²) in [5, 5.41) is 3.10. The Kier molecular flexibility index (Phi) is 5.51. The molecule has 2 atom stereocenters. The fraction of sp³-hybridized carbons (Fsp3) is 0.500. The molecule has 0 aliphatic rings. The molecule has 108 valence electrons. The lowest BCUT2D eigenvalue weighted by atomic mass is 10.3. The normalized spacial score (nSPS) is 15.2. The Morgan fingerprint density at radius 3 is 2.42 bits per heavy atom. The van der Waals surface area contributed by atoms with E-state index in [0.29, 0.717) is 11.4 Å². The van der Waals surface area contributed by atoms with Crippen LogP contribution in [0.2, 0.25) is 0 Å². The van der Waals surface area contributed by atoms with Crippen LogP contribution in [0.4, 0.5) is 5.69 Å². The van der Waals surface area contributed by atoms with Gasteiger partial charge in [-0.25, -0.2) is 12.7 Å². The van der Waals surface area contributed by atoms with Gasteiger partial charge in [0.15, 0.2) is 0 Å². The first kappa shape index (κ1) is 16.1. The van der Waals surface area contributed by atoms with E-state index in [1.807, 2.05) is 6.92 Å².